The van der Waals surface area contributed by atoms with Crippen LogP contribution in [0.5, 0.6) is 0 Å². The van der Waals surface area contributed by atoms with Crippen molar-refractivity contribution in [3.8, 4) is 0 Å². The second kappa shape index (κ2) is 5.93. The van der Waals surface area contributed by atoms with Crippen LogP contribution in [0, 0.1) is 0 Å². The first-order valence-electron chi connectivity index (χ1n) is 6.74. The van der Waals surface area contributed by atoms with Gasteiger partial charge in [0.2, 0.25) is 0 Å². The second-order valence-corrected chi connectivity index (χ2v) is 14.7. The van der Waals surface area contributed by atoms with Gasteiger partial charge in [0.05, 0.1) is 5.69 Å². The Morgan fingerprint density at radius 3 is 2.42 bits per heavy atom. The van der Waals surface area contributed by atoms with Crippen molar-refractivity contribution in [2.75, 3.05) is 0 Å². The zero-order valence-corrected chi connectivity index (χ0v) is 13.9. The molecule has 2 aromatic rings. The summed E-state index contributed by atoms with van der Waals surface area (Å²) < 4.78 is 0. The summed E-state index contributed by atoms with van der Waals surface area (Å²) in [5, 5.41) is 2.59. The lowest BCUT2D eigenvalue weighted by Gasteiger charge is -2.17. The van der Waals surface area contributed by atoms with Crippen LogP contribution in [0.2, 0.25) is 19.6 Å². The van der Waals surface area contributed by atoms with Gasteiger partial charge in [0.1, 0.15) is 7.22 Å². The molecule has 0 unspecified atom stereocenters. The van der Waals surface area contributed by atoms with Crippen molar-refractivity contribution in [2.45, 2.75) is 37.9 Å². The normalized spacial score (nSPS) is 12.4. The maximum atomic E-state index is 4.62. The lowest BCUT2D eigenvalue weighted by Crippen LogP contribution is -2.13. The van der Waals surface area contributed by atoms with Crippen LogP contribution in [0.3, 0.4) is 0 Å². The first-order valence-corrected chi connectivity index (χ1v) is 11.8. The maximum Gasteiger partial charge on any atom is 0.114 e. The minimum Gasteiger partial charge on any atom is -0.261 e. The van der Waals surface area contributed by atoms with Gasteiger partial charge in [0, 0.05) is 16.5 Å². The van der Waals surface area contributed by atoms with Crippen LogP contribution < -0.4 is 0 Å². The average molecular weight is 288 g/mol. The molecule has 0 bridgehead atoms. The predicted molar refractivity (Wildman–Crippen MR) is 91.6 cm³/mol. The molecule has 0 amide bonds. The van der Waals surface area contributed by atoms with E-state index >= 15 is 0 Å². The Hall–Kier alpha value is -1.06. The van der Waals surface area contributed by atoms with Crippen molar-refractivity contribution >= 4 is 41.1 Å². The van der Waals surface area contributed by atoms with Crippen molar-refractivity contribution in [3.63, 3.8) is 0 Å². The lowest BCUT2D eigenvalue weighted by molar-refractivity contribution is 1.31. The molecular formula is C16H21NSSi. The zero-order chi connectivity index (χ0) is 13.9. The molecule has 19 heavy (non-hydrogen) atoms. The molecule has 0 radical (unpaired) electrons. The molecule has 0 spiro atoms. The molecule has 0 heterocycles. The number of nitrogens with zero attached hydrogens (tertiary/aromatic N) is 1. The predicted octanol–water partition coefficient (Wildman–Crippen LogP) is 5.88. The SMILES string of the molecule is CC/C=N\c1cccc2cccc(S[Si](C)(C)C)c12. The van der Waals surface area contributed by atoms with Gasteiger partial charge in [-0.3, -0.25) is 4.99 Å². The first kappa shape index (κ1) is 14.3. The molecule has 0 aliphatic carbocycles. The molecule has 3 heteroatoms. The van der Waals surface area contributed by atoms with Gasteiger partial charge in [-0.15, -0.1) is 0 Å². The molecule has 0 saturated carbocycles. The molecule has 0 N–H and O–H groups in total. The quantitative estimate of drug-likeness (QED) is 0.505. The highest BCUT2D eigenvalue weighted by Crippen LogP contribution is 2.38. The Bertz CT molecular complexity index is 594. The Balaban J connectivity index is 2.60. The van der Waals surface area contributed by atoms with Gasteiger partial charge in [-0.1, -0.05) is 50.8 Å². The van der Waals surface area contributed by atoms with Crippen LogP contribution in [0.25, 0.3) is 10.8 Å². The lowest BCUT2D eigenvalue weighted by atomic mass is 10.1. The fourth-order valence-corrected chi connectivity index (χ4v) is 5.62. The molecule has 0 aliphatic heterocycles. The van der Waals surface area contributed by atoms with Gasteiger partial charge in [0.15, 0.2) is 0 Å². The van der Waals surface area contributed by atoms with Gasteiger partial charge in [-0.2, -0.15) is 11.2 Å². The monoisotopic (exact) mass is 287 g/mol. The van der Waals surface area contributed by atoms with E-state index in [1.54, 1.807) is 0 Å². The van der Waals surface area contributed by atoms with Crippen LogP contribution in [0.15, 0.2) is 46.3 Å². The van der Waals surface area contributed by atoms with Gasteiger partial charge in [0.25, 0.3) is 0 Å². The molecule has 0 fully saturated rings. The van der Waals surface area contributed by atoms with Crippen molar-refractivity contribution < 1.29 is 0 Å². The maximum absolute atomic E-state index is 4.62. The fourth-order valence-electron chi connectivity index (χ4n) is 2.00. The molecular weight excluding hydrogens is 266 g/mol. The standard InChI is InChI=1S/C16H21NSSi/c1-5-12-17-14-10-6-8-13-9-7-11-15(16(13)14)18-19(2,3)4/h6-12H,5H2,1-4H3/b17-12-. The molecule has 100 valence electrons. The summed E-state index contributed by atoms with van der Waals surface area (Å²) in [7, 11) is -1.20. The summed E-state index contributed by atoms with van der Waals surface area (Å²) in [5.74, 6) is 0. The molecule has 1 nitrogen and oxygen atoms in total. The van der Waals surface area contributed by atoms with Gasteiger partial charge < -0.3 is 0 Å². The van der Waals surface area contributed by atoms with E-state index in [0.717, 1.165) is 12.1 Å². The van der Waals surface area contributed by atoms with Gasteiger partial charge >= 0.3 is 0 Å². The molecule has 0 saturated heterocycles. The van der Waals surface area contributed by atoms with E-state index in [1.165, 1.54) is 15.7 Å². The largest absolute Gasteiger partial charge is 0.261 e. The minimum atomic E-state index is -1.20. The number of aliphatic imine (C=N–C) groups is 1. The Kier molecular flexibility index (Phi) is 4.48. The molecule has 0 atom stereocenters. The van der Waals surface area contributed by atoms with Crippen LogP contribution >= 0.6 is 11.2 Å². The van der Waals surface area contributed by atoms with Crippen LogP contribution in [-0.2, 0) is 0 Å². The van der Waals surface area contributed by atoms with Crippen molar-refractivity contribution in [2.24, 2.45) is 4.99 Å². The number of fused-ring (bicyclic) bond motifs is 1. The van der Waals surface area contributed by atoms with Crippen molar-refractivity contribution in [3.05, 3.63) is 36.4 Å². The molecule has 2 rings (SSSR count). The van der Waals surface area contributed by atoms with E-state index < -0.39 is 7.22 Å². The Morgan fingerprint density at radius 1 is 1.11 bits per heavy atom. The van der Waals surface area contributed by atoms with Crippen LogP contribution in [-0.4, -0.2) is 13.4 Å². The zero-order valence-electron chi connectivity index (χ0n) is 12.1. The third kappa shape index (κ3) is 3.70. The Morgan fingerprint density at radius 2 is 1.79 bits per heavy atom. The van der Waals surface area contributed by atoms with E-state index in [4.69, 9.17) is 0 Å². The highest BCUT2D eigenvalue weighted by molar-refractivity contribution is 8.28. The Labute approximate surface area is 120 Å². The van der Waals surface area contributed by atoms with Crippen molar-refractivity contribution in [1.29, 1.82) is 0 Å². The highest BCUT2D eigenvalue weighted by atomic mass is 32.4. The van der Waals surface area contributed by atoms with Crippen molar-refractivity contribution in [1.82, 2.24) is 0 Å². The third-order valence-electron chi connectivity index (χ3n) is 2.67. The summed E-state index contributed by atoms with van der Waals surface area (Å²) in [5.41, 5.74) is 1.10. The molecule has 0 aromatic heterocycles. The molecule has 2 aromatic carbocycles. The number of hydrogen-bond acceptors (Lipinski definition) is 2. The minimum absolute atomic E-state index is 0.972. The number of hydrogen-bond donors (Lipinski definition) is 0. The average Bonchev–Trinajstić information content (AvgIpc) is 2.34. The van der Waals surface area contributed by atoms with E-state index in [0.29, 0.717) is 0 Å². The van der Waals surface area contributed by atoms with Crippen LogP contribution in [0.4, 0.5) is 5.69 Å². The summed E-state index contributed by atoms with van der Waals surface area (Å²) in [6, 6.07) is 12.9. The number of benzene rings is 2. The first-order chi connectivity index (χ1) is 9.01. The topological polar surface area (TPSA) is 12.4 Å². The van der Waals surface area contributed by atoms with E-state index in [1.807, 2.05) is 17.4 Å². The fraction of sp³-hybridized carbons (Fsp3) is 0.312. The molecule has 0 aliphatic rings. The number of rotatable bonds is 4. The van der Waals surface area contributed by atoms with E-state index in [-0.39, 0.29) is 0 Å². The van der Waals surface area contributed by atoms with Gasteiger partial charge in [-0.05, 0) is 23.9 Å². The highest BCUT2D eigenvalue weighted by Gasteiger charge is 2.17. The summed E-state index contributed by atoms with van der Waals surface area (Å²) in [6.07, 6.45) is 2.96. The van der Waals surface area contributed by atoms with E-state index in [9.17, 15) is 0 Å². The summed E-state index contributed by atoms with van der Waals surface area (Å²) >= 11 is 2.04. The van der Waals surface area contributed by atoms with Gasteiger partial charge in [-0.25, -0.2) is 0 Å². The van der Waals surface area contributed by atoms with Crippen LogP contribution in [0.1, 0.15) is 13.3 Å². The summed E-state index contributed by atoms with van der Waals surface area (Å²) in [4.78, 5) is 6.00. The second-order valence-electron chi connectivity index (χ2n) is 5.57. The third-order valence-corrected chi connectivity index (χ3v) is 6.34. The summed E-state index contributed by atoms with van der Waals surface area (Å²) in [6.45, 7) is 9.27. The van der Waals surface area contributed by atoms with E-state index in [2.05, 4.69) is 68.0 Å². The smallest absolute Gasteiger partial charge is 0.114 e.